The van der Waals surface area contributed by atoms with E-state index in [4.69, 9.17) is 11.3 Å². The van der Waals surface area contributed by atoms with Crippen LogP contribution in [0.15, 0.2) is 46.1 Å². The van der Waals surface area contributed by atoms with Gasteiger partial charge in [0.05, 0.1) is 5.70 Å². The number of hydrogen-bond donors (Lipinski definition) is 3. The fourth-order valence-electron chi connectivity index (χ4n) is 1.50. The fourth-order valence-corrected chi connectivity index (χ4v) is 1.50. The zero-order chi connectivity index (χ0) is 16.1. The minimum atomic E-state index is 0.0484. The van der Waals surface area contributed by atoms with Crippen molar-refractivity contribution in [3.05, 3.63) is 41.6 Å². The summed E-state index contributed by atoms with van der Waals surface area (Å²) in [4.78, 5) is 14.8. The Balaban J connectivity index is 0.000000342. The number of nitrogens with one attached hydrogen (secondary N) is 1. The lowest BCUT2D eigenvalue weighted by Crippen LogP contribution is -1.93. The van der Waals surface area contributed by atoms with Gasteiger partial charge in [0, 0.05) is 17.5 Å². The summed E-state index contributed by atoms with van der Waals surface area (Å²) in [5, 5.41) is 3.23. The maximum absolute atomic E-state index is 10.7. The molecule has 1 aliphatic heterocycles. The average Bonchev–Trinajstić information content (AvgIpc) is 2.51. The van der Waals surface area contributed by atoms with Crippen molar-refractivity contribution >= 4 is 17.7 Å². The first-order chi connectivity index (χ1) is 10.1. The molecule has 0 fully saturated rings. The predicted octanol–water partition coefficient (Wildman–Crippen LogP) is 2.81. The van der Waals surface area contributed by atoms with Gasteiger partial charge in [0.15, 0.2) is 5.78 Å². The summed E-state index contributed by atoms with van der Waals surface area (Å²) in [6, 6.07) is 6.94. The molecule has 0 aromatic heterocycles. The number of nitrogen functional groups attached to an aromatic ring is 1. The van der Waals surface area contributed by atoms with Crippen LogP contribution in [0.1, 0.15) is 30.1 Å². The number of carbonyl (C=O) groups excluding carboxylic acids is 1. The normalized spacial score (nSPS) is 12.0. The fraction of sp³-hybridized carbons (Fsp3) is 0.333. The largest absolute Gasteiger partial charge is 0.399 e. The van der Waals surface area contributed by atoms with Crippen LogP contribution in [0.25, 0.3) is 0 Å². The zero-order valence-electron chi connectivity index (χ0n) is 12.5. The molecule has 0 unspecified atom stereocenters. The first-order valence-corrected chi connectivity index (χ1v) is 6.62. The quantitative estimate of drug-likeness (QED) is 0.451. The average molecular weight is 289 g/mol. The van der Waals surface area contributed by atoms with Gasteiger partial charge in [0.2, 0.25) is 0 Å². The minimum absolute atomic E-state index is 0.0484. The van der Waals surface area contributed by atoms with Gasteiger partial charge in [-0.3, -0.25) is 9.79 Å². The van der Waals surface area contributed by atoms with Crippen molar-refractivity contribution in [3.8, 4) is 0 Å². The van der Waals surface area contributed by atoms with Crippen LogP contribution in [0.3, 0.4) is 0 Å². The number of anilines is 1. The Morgan fingerprint density at radius 3 is 2.52 bits per heavy atom. The lowest BCUT2D eigenvalue weighted by Gasteiger charge is -2.00. The maximum atomic E-state index is 10.7. The molecule has 114 valence electrons. The lowest BCUT2D eigenvalue weighted by molar-refractivity contribution is 0.101. The Morgan fingerprint density at radius 2 is 2.10 bits per heavy atom. The van der Waals surface area contributed by atoms with Crippen molar-refractivity contribution in [1.29, 1.82) is 5.53 Å². The van der Waals surface area contributed by atoms with Crippen molar-refractivity contribution in [2.45, 2.75) is 19.8 Å². The van der Waals surface area contributed by atoms with E-state index < -0.39 is 0 Å². The van der Waals surface area contributed by atoms with Crippen molar-refractivity contribution in [1.82, 2.24) is 0 Å². The molecular weight excluding hydrogens is 266 g/mol. The standard InChI is InChI=1S/C8H9NO.C6H9N3.CH5N/c1-6(10)7-3-2-4-8(9)5-7;7-9-5-6-3-1-2-4-8-6;1-2/h2-5H,9H2,1H3;3-4,7H,1-2,5H2;2H2,1H3. The van der Waals surface area contributed by atoms with Crippen LogP contribution in [-0.4, -0.2) is 25.6 Å². The first kappa shape index (κ1) is 18.7. The molecule has 0 spiro atoms. The summed E-state index contributed by atoms with van der Waals surface area (Å²) >= 11 is 0. The molecule has 6 heteroatoms. The number of ketones is 1. The number of aliphatic imine (C=N–C) groups is 1. The SMILES string of the molecule is CC(=O)c1cccc(N)c1.CN.N=NCC1=CCCC=N1. The number of carbonyl (C=O) groups is 1. The highest BCUT2D eigenvalue weighted by molar-refractivity contribution is 5.94. The summed E-state index contributed by atoms with van der Waals surface area (Å²) in [6.07, 6.45) is 5.98. The monoisotopic (exact) mass is 289 g/mol. The van der Waals surface area contributed by atoms with Crippen LogP contribution in [0, 0.1) is 5.53 Å². The van der Waals surface area contributed by atoms with E-state index in [9.17, 15) is 4.79 Å². The molecule has 0 atom stereocenters. The van der Waals surface area contributed by atoms with Gasteiger partial charge in [-0.25, -0.2) is 5.53 Å². The molecule has 1 heterocycles. The van der Waals surface area contributed by atoms with Crippen LogP contribution in [0.5, 0.6) is 0 Å². The van der Waals surface area contributed by atoms with Gasteiger partial charge in [-0.15, -0.1) is 0 Å². The van der Waals surface area contributed by atoms with Crippen LogP contribution in [-0.2, 0) is 0 Å². The summed E-state index contributed by atoms with van der Waals surface area (Å²) in [5.41, 5.74) is 18.7. The van der Waals surface area contributed by atoms with E-state index in [-0.39, 0.29) is 5.78 Å². The number of Topliss-reactive ketones (excluding diaryl/α,β-unsaturated/α-hetero) is 1. The van der Waals surface area contributed by atoms with Crippen LogP contribution < -0.4 is 11.5 Å². The highest BCUT2D eigenvalue weighted by Crippen LogP contribution is 2.06. The third-order valence-electron chi connectivity index (χ3n) is 2.47. The smallest absolute Gasteiger partial charge is 0.159 e. The second-order valence-corrected chi connectivity index (χ2v) is 4.08. The Kier molecular flexibility index (Phi) is 10.2. The van der Waals surface area contributed by atoms with Gasteiger partial charge in [0.1, 0.15) is 6.54 Å². The molecule has 0 amide bonds. The molecular formula is C15H23N5O. The highest BCUT2D eigenvalue weighted by atomic mass is 16.1. The Bertz CT molecular complexity index is 509. The van der Waals surface area contributed by atoms with Gasteiger partial charge >= 0.3 is 0 Å². The second kappa shape index (κ2) is 11.5. The topological polar surface area (TPSA) is 118 Å². The van der Waals surface area contributed by atoms with Crippen LogP contribution in [0.2, 0.25) is 0 Å². The van der Waals surface area contributed by atoms with E-state index in [0.717, 1.165) is 18.5 Å². The van der Waals surface area contributed by atoms with Crippen LogP contribution >= 0.6 is 0 Å². The molecule has 0 aliphatic carbocycles. The van der Waals surface area contributed by atoms with E-state index in [1.165, 1.54) is 14.0 Å². The molecule has 1 aliphatic rings. The predicted molar refractivity (Wildman–Crippen MR) is 86.8 cm³/mol. The van der Waals surface area contributed by atoms with Gasteiger partial charge in [0.25, 0.3) is 0 Å². The minimum Gasteiger partial charge on any atom is -0.399 e. The van der Waals surface area contributed by atoms with E-state index >= 15 is 0 Å². The first-order valence-electron chi connectivity index (χ1n) is 6.62. The van der Waals surface area contributed by atoms with Gasteiger partial charge in [-0.05, 0) is 38.9 Å². The Morgan fingerprint density at radius 1 is 1.38 bits per heavy atom. The summed E-state index contributed by atoms with van der Waals surface area (Å²) in [6.45, 7) is 1.96. The summed E-state index contributed by atoms with van der Waals surface area (Å²) in [7, 11) is 1.50. The number of allylic oxidation sites excluding steroid dienone is 1. The van der Waals surface area contributed by atoms with E-state index in [0.29, 0.717) is 17.8 Å². The van der Waals surface area contributed by atoms with Crippen molar-refractivity contribution in [2.75, 3.05) is 19.3 Å². The van der Waals surface area contributed by atoms with Crippen molar-refractivity contribution in [2.24, 2.45) is 15.8 Å². The van der Waals surface area contributed by atoms with E-state index in [1.54, 1.807) is 24.3 Å². The molecule has 2 rings (SSSR count). The second-order valence-electron chi connectivity index (χ2n) is 4.08. The van der Waals surface area contributed by atoms with Gasteiger partial charge < -0.3 is 11.5 Å². The summed E-state index contributed by atoms with van der Waals surface area (Å²) < 4.78 is 0. The number of benzene rings is 1. The third-order valence-corrected chi connectivity index (χ3v) is 2.47. The van der Waals surface area contributed by atoms with Crippen LogP contribution in [0.4, 0.5) is 5.69 Å². The highest BCUT2D eigenvalue weighted by Gasteiger charge is 1.96. The number of rotatable bonds is 3. The Labute approximate surface area is 125 Å². The number of nitrogens with two attached hydrogens (primary N) is 2. The molecule has 0 saturated heterocycles. The molecule has 1 aromatic carbocycles. The van der Waals surface area contributed by atoms with E-state index in [1.807, 2.05) is 12.3 Å². The van der Waals surface area contributed by atoms with Gasteiger partial charge in [-0.2, -0.15) is 5.11 Å². The summed E-state index contributed by atoms with van der Waals surface area (Å²) in [5.74, 6) is 0.0484. The lowest BCUT2D eigenvalue weighted by atomic mass is 10.1. The molecule has 1 aromatic rings. The molecule has 0 saturated carbocycles. The Hall–Kier alpha value is -2.34. The maximum Gasteiger partial charge on any atom is 0.159 e. The van der Waals surface area contributed by atoms with Crippen molar-refractivity contribution < 1.29 is 4.79 Å². The van der Waals surface area contributed by atoms with Gasteiger partial charge in [-0.1, -0.05) is 18.2 Å². The third kappa shape index (κ3) is 8.43. The zero-order valence-corrected chi connectivity index (χ0v) is 12.5. The number of hydrogen-bond acceptors (Lipinski definition) is 6. The molecule has 21 heavy (non-hydrogen) atoms. The molecule has 0 bridgehead atoms. The molecule has 0 radical (unpaired) electrons. The van der Waals surface area contributed by atoms with E-state index in [2.05, 4.69) is 15.8 Å². The van der Waals surface area contributed by atoms with Crippen molar-refractivity contribution in [3.63, 3.8) is 0 Å². The number of nitrogens with zero attached hydrogens (tertiary/aromatic N) is 2. The molecule has 5 N–H and O–H groups in total. The molecule has 6 nitrogen and oxygen atoms in total.